The molecule has 0 N–H and O–H groups in total. The van der Waals surface area contributed by atoms with Crippen molar-refractivity contribution in [3.8, 4) is 67.5 Å². The summed E-state index contributed by atoms with van der Waals surface area (Å²) in [7, 11) is 0. The van der Waals surface area contributed by atoms with Gasteiger partial charge in [0, 0.05) is 33.8 Å². The Bertz CT molecular complexity index is 2830. The molecular formula is C49H30N4. The van der Waals surface area contributed by atoms with Gasteiger partial charge in [0.2, 0.25) is 0 Å². The van der Waals surface area contributed by atoms with E-state index in [1.54, 1.807) is 0 Å². The van der Waals surface area contributed by atoms with Gasteiger partial charge < -0.3 is 0 Å². The van der Waals surface area contributed by atoms with Crippen LogP contribution >= 0.6 is 0 Å². The second-order valence-corrected chi connectivity index (χ2v) is 13.8. The summed E-state index contributed by atoms with van der Waals surface area (Å²) < 4.78 is 0. The first-order chi connectivity index (χ1) is 26.3. The molecule has 0 fully saturated rings. The van der Waals surface area contributed by atoms with E-state index in [-0.39, 0.29) is 0 Å². The van der Waals surface area contributed by atoms with Crippen molar-refractivity contribution in [1.82, 2.24) is 19.9 Å². The smallest absolute Gasteiger partial charge is 0.164 e. The molecule has 0 aliphatic heterocycles. The molecule has 1 spiro atoms. The minimum absolute atomic E-state index is 0.445. The van der Waals surface area contributed by atoms with Crippen molar-refractivity contribution < 1.29 is 0 Å². The minimum Gasteiger partial charge on any atom is -0.256 e. The fourth-order valence-corrected chi connectivity index (χ4v) is 8.72. The summed E-state index contributed by atoms with van der Waals surface area (Å²) in [4.78, 5) is 20.1. The Kier molecular flexibility index (Phi) is 6.43. The molecule has 2 aliphatic rings. The Hall–Kier alpha value is -7.04. The highest BCUT2D eigenvalue weighted by Crippen LogP contribution is 2.63. The second kappa shape index (κ2) is 11.5. The van der Waals surface area contributed by atoms with Gasteiger partial charge in [0.25, 0.3) is 0 Å². The Labute approximate surface area is 307 Å². The van der Waals surface area contributed by atoms with E-state index in [0.717, 1.165) is 38.7 Å². The molecule has 0 saturated heterocycles. The van der Waals surface area contributed by atoms with Crippen molar-refractivity contribution in [3.05, 3.63) is 204 Å². The van der Waals surface area contributed by atoms with Crippen molar-refractivity contribution in [1.29, 1.82) is 0 Å². The monoisotopic (exact) mass is 674 g/mol. The van der Waals surface area contributed by atoms with E-state index in [4.69, 9.17) is 15.0 Å². The topological polar surface area (TPSA) is 51.6 Å². The molecular weight excluding hydrogens is 645 g/mol. The zero-order chi connectivity index (χ0) is 34.9. The van der Waals surface area contributed by atoms with Gasteiger partial charge in [-0.1, -0.05) is 164 Å². The van der Waals surface area contributed by atoms with Crippen molar-refractivity contribution in [3.63, 3.8) is 0 Å². The highest BCUT2D eigenvalue weighted by molar-refractivity contribution is 5.96. The maximum absolute atomic E-state index is 5.20. The van der Waals surface area contributed by atoms with Crippen molar-refractivity contribution >= 4 is 10.9 Å². The summed E-state index contributed by atoms with van der Waals surface area (Å²) in [5.41, 5.74) is 15.8. The number of fused-ring (bicyclic) bond motifs is 11. The lowest BCUT2D eigenvalue weighted by Crippen LogP contribution is -2.25. The SMILES string of the molecule is c1ccc(-c2nc(-c3ccc(-c4cccc5cccnc45)cc3)nc(-c3ccc4c(c3)C3(c5ccccc5-c5ccccc53)c3ccccc3-4)n2)cc1. The Morgan fingerprint density at radius 1 is 0.321 bits per heavy atom. The molecule has 246 valence electrons. The van der Waals surface area contributed by atoms with Crippen LogP contribution in [0, 0.1) is 0 Å². The molecule has 0 saturated carbocycles. The van der Waals surface area contributed by atoms with Gasteiger partial charge in [-0.05, 0) is 62.2 Å². The third-order valence-corrected chi connectivity index (χ3v) is 11.0. The molecule has 2 heterocycles. The number of benzene rings is 7. The zero-order valence-electron chi connectivity index (χ0n) is 28.6. The average Bonchev–Trinajstić information content (AvgIpc) is 3.71. The summed E-state index contributed by atoms with van der Waals surface area (Å²) in [6.07, 6.45) is 1.85. The first-order valence-corrected chi connectivity index (χ1v) is 18.0. The van der Waals surface area contributed by atoms with Gasteiger partial charge in [-0.25, -0.2) is 15.0 Å². The molecule has 53 heavy (non-hydrogen) atoms. The third-order valence-electron chi connectivity index (χ3n) is 11.0. The fraction of sp³-hybridized carbons (Fsp3) is 0.0204. The molecule has 0 unspecified atom stereocenters. The Morgan fingerprint density at radius 2 is 0.792 bits per heavy atom. The van der Waals surface area contributed by atoms with E-state index in [2.05, 4.69) is 157 Å². The highest BCUT2D eigenvalue weighted by Gasteiger charge is 2.51. The van der Waals surface area contributed by atoms with E-state index in [1.807, 2.05) is 30.5 Å². The minimum atomic E-state index is -0.445. The number of hydrogen-bond acceptors (Lipinski definition) is 4. The summed E-state index contributed by atoms with van der Waals surface area (Å²) in [6.45, 7) is 0. The van der Waals surface area contributed by atoms with Crippen LogP contribution in [-0.4, -0.2) is 19.9 Å². The zero-order valence-corrected chi connectivity index (χ0v) is 28.6. The first kappa shape index (κ1) is 29.7. The Morgan fingerprint density at radius 3 is 1.43 bits per heavy atom. The predicted octanol–water partition coefficient (Wildman–Crippen LogP) is 11.4. The predicted molar refractivity (Wildman–Crippen MR) is 213 cm³/mol. The Balaban J connectivity index is 1.10. The molecule has 11 rings (SSSR count). The van der Waals surface area contributed by atoms with Crippen molar-refractivity contribution in [2.24, 2.45) is 0 Å². The van der Waals surface area contributed by atoms with Gasteiger partial charge in [0.1, 0.15) is 0 Å². The molecule has 0 bridgehead atoms. The van der Waals surface area contributed by atoms with Crippen molar-refractivity contribution in [2.45, 2.75) is 5.41 Å². The van der Waals surface area contributed by atoms with Gasteiger partial charge in [-0.2, -0.15) is 0 Å². The van der Waals surface area contributed by atoms with E-state index >= 15 is 0 Å². The number of pyridine rings is 1. The first-order valence-electron chi connectivity index (χ1n) is 18.0. The van der Waals surface area contributed by atoms with Crippen LogP contribution in [0.5, 0.6) is 0 Å². The molecule has 9 aromatic rings. The van der Waals surface area contributed by atoms with E-state index in [1.165, 1.54) is 44.5 Å². The largest absolute Gasteiger partial charge is 0.256 e. The molecule has 0 amide bonds. The van der Waals surface area contributed by atoms with Crippen molar-refractivity contribution in [2.75, 3.05) is 0 Å². The lowest BCUT2D eigenvalue weighted by Gasteiger charge is -2.30. The third kappa shape index (κ3) is 4.36. The number of para-hydroxylation sites is 1. The van der Waals surface area contributed by atoms with Crippen LogP contribution in [0.1, 0.15) is 22.3 Å². The maximum atomic E-state index is 5.20. The van der Waals surface area contributed by atoms with Gasteiger partial charge in [-0.3, -0.25) is 4.98 Å². The molecule has 4 nitrogen and oxygen atoms in total. The molecule has 7 aromatic carbocycles. The van der Waals surface area contributed by atoms with Crippen LogP contribution in [0.15, 0.2) is 182 Å². The highest BCUT2D eigenvalue weighted by atomic mass is 15.0. The average molecular weight is 675 g/mol. The molecule has 0 radical (unpaired) electrons. The van der Waals surface area contributed by atoms with Gasteiger partial charge in [0.05, 0.1) is 10.9 Å². The van der Waals surface area contributed by atoms with Crippen LogP contribution in [0.4, 0.5) is 0 Å². The summed E-state index contributed by atoms with van der Waals surface area (Å²) in [5.74, 6) is 1.92. The lowest BCUT2D eigenvalue weighted by atomic mass is 9.70. The van der Waals surface area contributed by atoms with Gasteiger partial charge in [-0.15, -0.1) is 0 Å². The molecule has 2 aliphatic carbocycles. The number of nitrogens with zero attached hydrogens (tertiary/aromatic N) is 4. The van der Waals surface area contributed by atoms with Crippen LogP contribution in [0.2, 0.25) is 0 Å². The lowest BCUT2D eigenvalue weighted by molar-refractivity contribution is 0.794. The van der Waals surface area contributed by atoms with Gasteiger partial charge in [0.15, 0.2) is 17.5 Å². The van der Waals surface area contributed by atoms with Gasteiger partial charge >= 0.3 is 0 Å². The van der Waals surface area contributed by atoms with Crippen LogP contribution in [-0.2, 0) is 5.41 Å². The number of aromatic nitrogens is 4. The van der Waals surface area contributed by atoms with Crippen LogP contribution in [0.25, 0.3) is 78.4 Å². The second-order valence-electron chi connectivity index (χ2n) is 13.8. The van der Waals surface area contributed by atoms with E-state index in [0.29, 0.717) is 17.5 Å². The fourth-order valence-electron chi connectivity index (χ4n) is 8.72. The summed E-state index contributed by atoms with van der Waals surface area (Å²) in [5, 5.41) is 1.12. The summed E-state index contributed by atoms with van der Waals surface area (Å²) >= 11 is 0. The number of hydrogen-bond donors (Lipinski definition) is 0. The molecule has 0 atom stereocenters. The maximum Gasteiger partial charge on any atom is 0.164 e. The van der Waals surface area contributed by atoms with Crippen LogP contribution < -0.4 is 0 Å². The van der Waals surface area contributed by atoms with E-state index < -0.39 is 5.41 Å². The van der Waals surface area contributed by atoms with Crippen LogP contribution in [0.3, 0.4) is 0 Å². The molecule has 2 aromatic heterocycles. The normalized spacial score (nSPS) is 13.1. The molecule has 4 heteroatoms. The van der Waals surface area contributed by atoms with E-state index in [9.17, 15) is 0 Å². The summed E-state index contributed by atoms with van der Waals surface area (Å²) in [6, 6.07) is 62.5. The number of rotatable bonds is 4. The quantitative estimate of drug-likeness (QED) is 0.186. The standard InChI is InChI=1S/C49H30N4/c1-2-12-33(13-3-1)46-51-47(34-25-23-31(24-26-34)36-19-10-14-32-15-11-29-50-45(32)36)53-48(52-46)35-27-28-40-39-18-6-9-22-43(39)49(44(40)30-35)41-20-7-4-16-37(41)38-17-5-8-21-42(38)49/h1-30H.